The van der Waals surface area contributed by atoms with Gasteiger partial charge in [0.05, 0.1) is 5.60 Å². The third-order valence-electron chi connectivity index (χ3n) is 5.78. The van der Waals surface area contributed by atoms with Crippen LogP contribution in [-0.4, -0.2) is 65.3 Å². The summed E-state index contributed by atoms with van der Waals surface area (Å²) in [5.74, 6) is 0. The average Bonchev–Trinajstić information content (AvgIpc) is 3.14. The van der Waals surface area contributed by atoms with Crippen LogP contribution in [0, 0.1) is 0 Å². The standard InChI is InChI=1S/C21H33N3O2/c1-18(9-10-19-7-3-2-4-8-19)22-20(25)24-15-11-21(26,12-16-24)17-23-13-5-6-14-23/h2-4,7-8,18,26H,5-6,9-17H2,1H3,(H,22,25). The molecule has 2 N–H and O–H groups in total. The van der Waals surface area contributed by atoms with Crippen molar-refractivity contribution in [2.24, 2.45) is 0 Å². The first-order valence-electron chi connectivity index (χ1n) is 10.1. The van der Waals surface area contributed by atoms with Gasteiger partial charge in [-0.3, -0.25) is 0 Å². The van der Waals surface area contributed by atoms with Gasteiger partial charge < -0.3 is 20.2 Å². The van der Waals surface area contributed by atoms with Gasteiger partial charge in [-0.25, -0.2) is 4.79 Å². The van der Waals surface area contributed by atoms with Gasteiger partial charge in [-0.1, -0.05) is 30.3 Å². The third kappa shape index (κ3) is 5.45. The highest BCUT2D eigenvalue weighted by molar-refractivity contribution is 5.74. The highest BCUT2D eigenvalue weighted by atomic mass is 16.3. The minimum Gasteiger partial charge on any atom is -0.388 e. The van der Waals surface area contributed by atoms with E-state index in [1.54, 1.807) is 0 Å². The molecule has 5 heteroatoms. The highest BCUT2D eigenvalue weighted by Crippen LogP contribution is 2.25. The number of aryl methyl sites for hydroxylation is 1. The van der Waals surface area contributed by atoms with Crippen molar-refractivity contribution in [2.45, 2.75) is 57.1 Å². The van der Waals surface area contributed by atoms with E-state index in [4.69, 9.17) is 0 Å². The van der Waals surface area contributed by atoms with Crippen molar-refractivity contribution in [3.05, 3.63) is 35.9 Å². The number of benzene rings is 1. The Morgan fingerprint density at radius 1 is 1.15 bits per heavy atom. The number of likely N-dealkylation sites (tertiary alicyclic amines) is 2. The number of amides is 2. The molecule has 1 aromatic rings. The minimum atomic E-state index is -0.625. The third-order valence-corrected chi connectivity index (χ3v) is 5.78. The van der Waals surface area contributed by atoms with Crippen LogP contribution in [0.1, 0.15) is 44.6 Å². The van der Waals surface area contributed by atoms with Crippen molar-refractivity contribution in [2.75, 3.05) is 32.7 Å². The maximum absolute atomic E-state index is 12.5. The van der Waals surface area contributed by atoms with Gasteiger partial charge in [0.25, 0.3) is 0 Å². The lowest BCUT2D eigenvalue weighted by atomic mass is 9.91. The fourth-order valence-electron chi connectivity index (χ4n) is 4.04. The monoisotopic (exact) mass is 359 g/mol. The number of nitrogens with zero attached hydrogens (tertiary/aromatic N) is 2. The van der Waals surface area contributed by atoms with Gasteiger partial charge in [0, 0.05) is 25.7 Å². The summed E-state index contributed by atoms with van der Waals surface area (Å²) in [6.45, 7) is 6.31. The Labute approximate surface area is 157 Å². The number of hydrogen-bond donors (Lipinski definition) is 2. The van der Waals surface area contributed by atoms with E-state index in [9.17, 15) is 9.90 Å². The number of aliphatic hydroxyl groups is 1. The zero-order valence-corrected chi connectivity index (χ0v) is 16.0. The summed E-state index contributed by atoms with van der Waals surface area (Å²) in [7, 11) is 0. The van der Waals surface area contributed by atoms with Crippen LogP contribution < -0.4 is 5.32 Å². The molecular formula is C21H33N3O2. The van der Waals surface area contributed by atoms with Gasteiger partial charge in [-0.15, -0.1) is 0 Å². The first kappa shape index (κ1) is 19.2. The summed E-state index contributed by atoms with van der Waals surface area (Å²) in [5.41, 5.74) is 0.679. The van der Waals surface area contributed by atoms with E-state index < -0.39 is 5.60 Å². The molecule has 2 saturated heterocycles. The van der Waals surface area contributed by atoms with Gasteiger partial charge in [-0.05, 0) is 64.1 Å². The maximum Gasteiger partial charge on any atom is 0.317 e. The predicted molar refractivity (Wildman–Crippen MR) is 104 cm³/mol. The van der Waals surface area contributed by atoms with Crippen molar-refractivity contribution in [1.82, 2.24) is 15.1 Å². The fourth-order valence-corrected chi connectivity index (χ4v) is 4.04. The first-order chi connectivity index (χ1) is 12.5. The second kappa shape index (κ2) is 8.87. The number of carbonyl (C=O) groups is 1. The van der Waals surface area contributed by atoms with Gasteiger partial charge in [0.15, 0.2) is 0 Å². The van der Waals surface area contributed by atoms with E-state index in [0.717, 1.165) is 32.5 Å². The number of urea groups is 1. The molecule has 0 spiro atoms. The van der Waals surface area contributed by atoms with E-state index in [2.05, 4.69) is 41.4 Å². The quantitative estimate of drug-likeness (QED) is 0.821. The Balaban J connectivity index is 1.38. The maximum atomic E-state index is 12.5. The first-order valence-corrected chi connectivity index (χ1v) is 10.1. The van der Waals surface area contributed by atoms with Crippen LogP contribution in [0.2, 0.25) is 0 Å². The smallest absolute Gasteiger partial charge is 0.317 e. The number of rotatable bonds is 6. The Morgan fingerprint density at radius 3 is 2.46 bits per heavy atom. The molecule has 2 amide bonds. The Kier molecular flexibility index (Phi) is 6.54. The molecule has 0 bridgehead atoms. The van der Waals surface area contributed by atoms with Gasteiger partial charge in [0.2, 0.25) is 0 Å². The largest absolute Gasteiger partial charge is 0.388 e. The number of carbonyl (C=O) groups excluding carboxylic acids is 1. The topological polar surface area (TPSA) is 55.8 Å². The van der Waals surface area contributed by atoms with E-state index in [-0.39, 0.29) is 12.1 Å². The fraction of sp³-hybridized carbons (Fsp3) is 0.667. The molecule has 0 radical (unpaired) electrons. The molecular weight excluding hydrogens is 326 g/mol. The van der Waals surface area contributed by atoms with Crippen LogP contribution in [0.5, 0.6) is 0 Å². The Morgan fingerprint density at radius 2 is 1.81 bits per heavy atom. The Hall–Kier alpha value is -1.59. The second-order valence-corrected chi connectivity index (χ2v) is 8.07. The Bertz CT molecular complexity index is 564. The van der Waals surface area contributed by atoms with E-state index in [1.807, 2.05) is 11.0 Å². The molecule has 26 heavy (non-hydrogen) atoms. The average molecular weight is 360 g/mol. The molecule has 5 nitrogen and oxygen atoms in total. The summed E-state index contributed by atoms with van der Waals surface area (Å²) in [4.78, 5) is 16.7. The molecule has 1 atom stereocenters. The second-order valence-electron chi connectivity index (χ2n) is 8.07. The molecule has 2 aliphatic rings. The van der Waals surface area contributed by atoms with Crippen LogP contribution >= 0.6 is 0 Å². The van der Waals surface area contributed by atoms with Crippen molar-refractivity contribution < 1.29 is 9.90 Å². The van der Waals surface area contributed by atoms with Crippen LogP contribution in [-0.2, 0) is 6.42 Å². The summed E-state index contributed by atoms with van der Waals surface area (Å²) in [6, 6.07) is 10.5. The SMILES string of the molecule is CC(CCc1ccccc1)NC(=O)N1CCC(O)(CN2CCCC2)CC1. The minimum absolute atomic E-state index is 0.00813. The lowest BCUT2D eigenvalue weighted by Crippen LogP contribution is -2.54. The van der Waals surface area contributed by atoms with Crippen LogP contribution in [0.4, 0.5) is 4.79 Å². The molecule has 2 fully saturated rings. The van der Waals surface area contributed by atoms with Crippen LogP contribution in [0.15, 0.2) is 30.3 Å². The van der Waals surface area contributed by atoms with E-state index in [0.29, 0.717) is 25.9 Å². The normalized spacial score (nSPS) is 21.5. The molecule has 1 aromatic carbocycles. The van der Waals surface area contributed by atoms with Crippen molar-refractivity contribution in [3.63, 3.8) is 0 Å². The predicted octanol–water partition coefficient (Wildman–Crippen LogP) is 2.64. The van der Waals surface area contributed by atoms with Gasteiger partial charge >= 0.3 is 6.03 Å². The lowest BCUT2D eigenvalue weighted by Gasteiger charge is -2.40. The number of piperidine rings is 1. The van der Waals surface area contributed by atoms with Gasteiger partial charge in [0.1, 0.15) is 0 Å². The van der Waals surface area contributed by atoms with Crippen LogP contribution in [0.25, 0.3) is 0 Å². The molecule has 2 aliphatic heterocycles. The zero-order chi connectivity index (χ0) is 18.4. The number of β-amino-alcohol motifs (C(OH)–C–C–N with tert-alkyl or cyclic N) is 1. The summed E-state index contributed by atoms with van der Waals surface area (Å²) < 4.78 is 0. The molecule has 1 unspecified atom stereocenters. The lowest BCUT2D eigenvalue weighted by molar-refractivity contribution is -0.0340. The molecule has 0 aromatic heterocycles. The zero-order valence-electron chi connectivity index (χ0n) is 16.0. The van der Waals surface area contributed by atoms with Gasteiger partial charge in [-0.2, -0.15) is 0 Å². The molecule has 0 saturated carbocycles. The van der Waals surface area contributed by atoms with Crippen molar-refractivity contribution >= 4 is 6.03 Å². The van der Waals surface area contributed by atoms with E-state index >= 15 is 0 Å². The molecule has 144 valence electrons. The number of hydrogen-bond acceptors (Lipinski definition) is 3. The summed E-state index contributed by atoms with van der Waals surface area (Å²) in [6.07, 6.45) is 5.74. The van der Waals surface area contributed by atoms with Crippen molar-refractivity contribution in [3.8, 4) is 0 Å². The summed E-state index contributed by atoms with van der Waals surface area (Å²) in [5, 5.41) is 13.9. The molecule has 2 heterocycles. The van der Waals surface area contributed by atoms with Crippen LogP contribution in [0.3, 0.4) is 0 Å². The molecule has 3 rings (SSSR count). The highest BCUT2D eigenvalue weighted by Gasteiger charge is 2.36. The van der Waals surface area contributed by atoms with Crippen molar-refractivity contribution in [1.29, 1.82) is 0 Å². The molecule has 0 aliphatic carbocycles. The number of nitrogens with one attached hydrogen (secondary N) is 1. The van der Waals surface area contributed by atoms with E-state index in [1.165, 1.54) is 18.4 Å². The summed E-state index contributed by atoms with van der Waals surface area (Å²) >= 11 is 0.